The van der Waals surface area contributed by atoms with Crippen molar-refractivity contribution in [1.29, 1.82) is 0 Å². The second kappa shape index (κ2) is 5.57. The summed E-state index contributed by atoms with van der Waals surface area (Å²) in [4.78, 5) is 14.6. The van der Waals surface area contributed by atoms with Crippen LogP contribution in [0.1, 0.15) is 39.5 Å². The van der Waals surface area contributed by atoms with Crippen molar-refractivity contribution in [2.24, 2.45) is 5.92 Å². The van der Waals surface area contributed by atoms with Crippen molar-refractivity contribution in [3.8, 4) is 0 Å². The largest absolute Gasteiger partial charge is 0.377 e. The molecule has 2 heterocycles. The third kappa shape index (κ3) is 3.04. The quantitative estimate of drug-likeness (QED) is 0.810. The van der Waals surface area contributed by atoms with Crippen LogP contribution >= 0.6 is 0 Å². The summed E-state index contributed by atoms with van der Waals surface area (Å²) in [6.45, 7) is 6.89. The molecule has 18 heavy (non-hydrogen) atoms. The number of nitrogens with one attached hydrogen (secondary N) is 1. The highest BCUT2D eigenvalue weighted by molar-refractivity contribution is 5.79. The molecule has 3 atom stereocenters. The minimum absolute atomic E-state index is 0.146. The predicted molar refractivity (Wildman–Crippen MR) is 71.4 cm³/mol. The van der Waals surface area contributed by atoms with Crippen molar-refractivity contribution in [2.75, 3.05) is 26.7 Å². The molecule has 2 fully saturated rings. The van der Waals surface area contributed by atoms with Gasteiger partial charge in [-0.15, -0.1) is 0 Å². The van der Waals surface area contributed by atoms with E-state index < -0.39 is 0 Å². The van der Waals surface area contributed by atoms with E-state index in [4.69, 9.17) is 4.74 Å². The maximum Gasteiger partial charge on any atom is 0.225 e. The number of likely N-dealkylation sites (tertiary alicyclic amines) is 1. The van der Waals surface area contributed by atoms with Crippen LogP contribution in [-0.4, -0.2) is 49.2 Å². The number of hydrogen-bond acceptors (Lipinski definition) is 3. The van der Waals surface area contributed by atoms with Gasteiger partial charge in [0.1, 0.15) is 0 Å². The van der Waals surface area contributed by atoms with Gasteiger partial charge in [0.2, 0.25) is 5.91 Å². The number of nitrogens with zero attached hydrogens (tertiary/aromatic N) is 1. The van der Waals surface area contributed by atoms with Gasteiger partial charge >= 0.3 is 0 Å². The number of amides is 1. The lowest BCUT2D eigenvalue weighted by Gasteiger charge is -2.41. The molecule has 3 unspecified atom stereocenters. The molecular weight excluding hydrogens is 228 g/mol. The summed E-state index contributed by atoms with van der Waals surface area (Å²) < 4.78 is 5.56. The number of ether oxygens (including phenoxy) is 1. The minimum atomic E-state index is -0.146. The van der Waals surface area contributed by atoms with E-state index in [-0.39, 0.29) is 11.5 Å². The van der Waals surface area contributed by atoms with Gasteiger partial charge in [0.15, 0.2) is 0 Å². The van der Waals surface area contributed by atoms with E-state index in [1.807, 2.05) is 4.90 Å². The first kappa shape index (κ1) is 13.8. The van der Waals surface area contributed by atoms with Gasteiger partial charge < -0.3 is 15.0 Å². The van der Waals surface area contributed by atoms with Crippen LogP contribution in [0.15, 0.2) is 0 Å². The number of piperidine rings is 2. The summed E-state index contributed by atoms with van der Waals surface area (Å²) in [6, 6.07) is 0.464. The van der Waals surface area contributed by atoms with E-state index in [9.17, 15) is 4.79 Å². The van der Waals surface area contributed by atoms with Crippen LogP contribution in [0.3, 0.4) is 0 Å². The number of carbonyl (C=O) groups excluding carboxylic acids is 1. The monoisotopic (exact) mass is 254 g/mol. The molecule has 2 aliphatic heterocycles. The van der Waals surface area contributed by atoms with Gasteiger partial charge in [0.05, 0.1) is 5.60 Å². The third-order valence-electron chi connectivity index (χ3n) is 4.44. The number of hydrogen-bond donors (Lipinski definition) is 1. The van der Waals surface area contributed by atoms with Crippen molar-refractivity contribution in [3.63, 3.8) is 0 Å². The third-order valence-corrected chi connectivity index (χ3v) is 4.44. The lowest BCUT2D eigenvalue weighted by Crippen LogP contribution is -2.52. The second-order valence-electron chi connectivity index (χ2n) is 6.09. The smallest absolute Gasteiger partial charge is 0.225 e. The van der Waals surface area contributed by atoms with Crippen LogP contribution in [0.25, 0.3) is 0 Å². The molecule has 0 radical (unpaired) electrons. The first-order chi connectivity index (χ1) is 8.54. The highest BCUT2D eigenvalue weighted by atomic mass is 16.5. The maximum atomic E-state index is 12.5. The Hall–Kier alpha value is -0.610. The average Bonchev–Trinajstić information content (AvgIpc) is 2.38. The van der Waals surface area contributed by atoms with E-state index in [1.54, 1.807) is 7.11 Å². The van der Waals surface area contributed by atoms with Gasteiger partial charge in [-0.25, -0.2) is 0 Å². The first-order valence-electron chi connectivity index (χ1n) is 7.11. The topological polar surface area (TPSA) is 41.6 Å². The Balaban J connectivity index is 1.96. The number of methoxy groups -OCH3 is 1. The summed E-state index contributed by atoms with van der Waals surface area (Å²) in [5.41, 5.74) is -0.146. The molecule has 0 aliphatic carbocycles. The molecular formula is C14H26N2O2. The Morgan fingerprint density at radius 3 is 2.94 bits per heavy atom. The van der Waals surface area contributed by atoms with Crippen LogP contribution in [0.5, 0.6) is 0 Å². The summed E-state index contributed by atoms with van der Waals surface area (Å²) in [6.07, 6.45) is 4.05. The van der Waals surface area contributed by atoms with E-state index in [2.05, 4.69) is 19.2 Å². The van der Waals surface area contributed by atoms with Crippen molar-refractivity contribution in [1.82, 2.24) is 10.2 Å². The molecule has 0 saturated carbocycles. The van der Waals surface area contributed by atoms with Crippen LogP contribution in [0.4, 0.5) is 0 Å². The van der Waals surface area contributed by atoms with Crippen LogP contribution in [0.2, 0.25) is 0 Å². The van der Waals surface area contributed by atoms with E-state index in [1.165, 1.54) is 0 Å². The highest BCUT2D eigenvalue weighted by Gasteiger charge is 2.36. The molecule has 0 aromatic carbocycles. The Bertz CT molecular complexity index is 308. The Morgan fingerprint density at radius 2 is 2.28 bits per heavy atom. The van der Waals surface area contributed by atoms with Crippen molar-refractivity contribution in [2.45, 2.75) is 51.2 Å². The summed E-state index contributed by atoms with van der Waals surface area (Å²) in [5, 5.41) is 3.40. The van der Waals surface area contributed by atoms with E-state index in [0.29, 0.717) is 11.9 Å². The van der Waals surface area contributed by atoms with Crippen molar-refractivity contribution in [3.05, 3.63) is 0 Å². The van der Waals surface area contributed by atoms with Gasteiger partial charge in [-0.2, -0.15) is 0 Å². The van der Waals surface area contributed by atoms with Gasteiger partial charge in [0.25, 0.3) is 0 Å². The molecule has 2 rings (SSSR count). The summed E-state index contributed by atoms with van der Waals surface area (Å²) >= 11 is 0. The fourth-order valence-electron chi connectivity index (χ4n) is 3.17. The van der Waals surface area contributed by atoms with Gasteiger partial charge in [-0.05, 0) is 46.1 Å². The standard InChI is InChI=1S/C14H26N2O2/c1-11-9-12(5-7-15-11)13(17)16-8-4-6-14(2,10-16)18-3/h11-12,15H,4-10H2,1-3H3. The number of rotatable bonds is 2. The molecule has 2 aliphatic rings. The zero-order valence-electron chi connectivity index (χ0n) is 11.9. The molecule has 0 aromatic heterocycles. The molecule has 0 spiro atoms. The first-order valence-corrected chi connectivity index (χ1v) is 7.11. The average molecular weight is 254 g/mol. The van der Waals surface area contributed by atoms with E-state index >= 15 is 0 Å². The molecule has 0 bridgehead atoms. The fraction of sp³-hybridized carbons (Fsp3) is 0.929. The van der Waals surface area contributed by atoms with E-state index in [0.717, 1.165) is 45.3 Å². The van der Waals surface area contributed by atoms with Crippen molar-refractivity contribution >= 4 is 5.91 Å². The van der Waals surface area contributed by atoms with Crippen LogP contribution < -0.4 is 5.32 Å². The van der Waals surface area contributed by atoms with Gasteiger partial charge in [-0.1, -0.05) is 0 Å². The molecule has 2 saturated heterocycles. The van der Waals surface area contributed by atoms with Crippen LogP contribution in [-0.2, 0) is 9.53 Å². The molecule has 1 N–H and O–H groups in total. The van der Waals surface area contributed by atoms with Gasteiger partial charge in [-0.3, -0.25) is 4.79 Å². The Labute approximate surface area is 110 Å². The molecule has 0 aromatic rings. The Morgan fingerprint density at radius 1 is 1.50 bits per heavy atom. The summed E-state index contributed by atoms with van der Waals surface area (Å²) in [5.74, 6) is 0.548. The summed E-state index contributed by atoms with van der Waals surface area (Å²) in [7, 11) is 1.75. The normalized spacial score (nSPS) is 37.6. The zero-order valence-corrected chi connectivity index (χ0v) is 11.9. The second-order valence-corrected chi connectivity index (χ2v) is 6.09. The zero-order chi connectivity index (χ0) is 13.2. The lowest BCUT2D eigenvalue weighted by molar-refractivity contribution is -0.144. The molecule has 104 valence electrons. The Kier molecular flexibility index (Phi) is 4.28. The lowest BCUT2D eigenvalue weighted by atomic mass is 9.89. The number of carbonyl (C=O) groups is 1. The fourth-order valence-corrected chi connectivity index (χ4v) is 3.17. The van der Waals surface area contributed by atoms with Gasteiger partial charge in [0, 0.05) is 32.2 Å². The van der Waals surface area contributed by atoms with Crippen molar-refractivity contribution < 1.29 is 9.53 Å². The predicted octanol–water partition coefficient (Wildman–Crippen LogP) is 1.40. The molecule has 4 heteroatoms. The SMILES string of the molecule is COC1(C)CCCN(C(=O)C2CCNC(C)C2)C1. The van der Waals surface area contributed by atoms with Crippen LogP contribution in [0, 0.1) is 5.92 Å². The molecule has 4 nitrogen and oxygen atoms in total. The minimum Gasteiger partial charge on any atom is -0.377 e. The molecule has 1 amide bonds. The highest BCUT2D eigenvalue weighted by Crippen LogP contribution is 2.27. The maximum absolute atomic E-state index is 12.5.